The predicted molar refractivity (Wildman–Crippen MR) is 127 cm³/mol. The van der Waals surface area contributed by atoms with Crippen molar-refractivity contribution in [2.75, 3.05) is 32.1 Å². The Bertz CT molecular complexity index is 996. The molecular weight excluding hydrogens is 451 g/mol. The molecule has 6 nitrogen and oxygen atoms in total. The van der Waals surface area contributed by atoms with Gasteiger partial charge in [-0.05, 0) is 55.6 Å². The van der Waals surface area contributed by atoms with E-state index in [2.05, 4.69) is 5.32 Å². The first kappa shape index (κ1) is 23.9. The number of amides is 1. The number of para-hydroxylation sites is 2. The SMILES string of the molecule is CN(CC(=O)Nc1c(Cl)cccc1Cl)CC(O)COc1ccc(Oc2ccccc2)cc1. The van der Waals surface area contributed by atoms with E-state index in [1.54, 1.807) is 54.4 Å². The molecule has 0 bridgehead atoms. The summed E-state index contributed by atoms with van der Waals surface area (Å²) in [4.78, 5) is 13.9. The van der Waals surface area contributed by atoms with Gasteiger partial charge in [0.2, 0.25) is 5.91 Å². The average molecular weight is 475 g/mol. The lowest BCUT2D eigenvalue weighted by Gasteiger charge is -2.20. The fourth-order valence-electron chi connectivity index (χ4n) is 2.94. The smallest absolute Gasteiger partial charge is 0.238 e. The molecule has 0 heterocycles. The van der Waals surface area contributed by atoms with Gasteiger partial charge >= 0.3 is 0 Å². The molecule has 0 aliphatic carbocycles. The van der Waals surface area contributed by atoms with Crippen molar-refractivity contribution < 1.29 is 19.4 Å². The van der Waals surface area contributed by atoms with E-state index in [1.165, 1.54) is 0 Å². The Kier molecular flexibility index (Phi) is 8.76. The number of ether oxygens (including phenoxy) is 2. The number of hydrogen-bond donors (Lipinski definition) is 2. The summed E-state index contributed by atoms with van der Waals surface area (Å²) in [5.74, 6) is 1.76. The Morgan fingerprint density at radius 2 is 1.53 bits per heavy atom. The monoisotopic (exact) mass is 474 g/mol. The van der Waals surface area contributed by atoms with E-state index in [1.807, 2.05) is 30.3 Å². The third-order valence-electron chi connectivity index (χ3n) is 4.41. The summed E-state index contributed by atoms with van der Waals surface area (Å²) in [6.07, 6.45) is -0.781. The Labute approximate surface area is 197 Å². The van der Waals surface area contributed by atoms with Crippen LogP contribution in [0.5, 0.6) is 17.2 Å². The van der Waals surface area contributed by atoms with Crippen molar-refractivity contribution in [3.8, 4) is 17.2 Å². The van der Waals surface area contributed by atoms with E-state index >= 15 is 0 Å². The first-order valence-corrected chi connectivity index (χ1v) is 10.7. The van der Waals surface area contributed by atoms with Gasteiger partial charge in [0.25, 0.3) is 0 Å². The number of anilines is 1. The highest BCUT2D eigenvalue weighted by Gasteiger charge is 2.15. The highest BCUT2D eigenvalue weighted by molar-refractivity contribution is 6.39. The zero-order valence-corrected chi connectivity index (χ0v) is 19.0. The van der Waals surface area contributed by atoms with Gasteiger partial charge in [0.1, 0.15) is 30.0 Å². The van der Waals surface area contributed by atoms with Crippen LogP contribution in [0.2, 0.25) is 10.0 Å². The van der Waals surface area contributed by atoms with Gasteiger partial charge in [-0.2, -0.15) is 0 Å². The topological polar surface area (TPSA) is 71.0 Å². The number of benzene rings is 3. The summed E-state index contributed by atoms with van der Waals surface area (Å²) in [5.41, 5.74) is 0.373. The van der Waals surface area contributed by atoms with Crippen molar-refractivity contribution in [1.82, 2.24) is 4.90 Å². The fraction of sp³-hybridized carbons (Fsp3) is 0.208. The summed E-state index contributed by atoms with van der Waals surface area (Å²) < 4.78 is 11.4. The van der Waals surface area contributed by atoms with Gasteiger partial charge in [0.15, 0.2) is 0 Å². The molecule has 1 atom stereocenters. The van der Waals surface area contributed by atoms with Crippen LogP contribution in [0.15, 0.2) is 72.8 Å². The van der Waals surface area contributed by atoms with Crippen LogP contribution in [0.4, 0.5) is 5.69 Å². The van der Waals surface area contributed by atoms with E-state index in [-0.39, 0.29) is 25.6 Å². The molecule has 0 spiro atoms. The van der Waals surface area contributed by atoms with Crippen LogP contribution in [-0.2, 0) is 4.79 Å². The molecule has 3 rings (SSSR count). The lowest BCUT2D eigenvalue weighted by Crippen LogP contribution is -2.37. The standard InChI is InChI=1S/C24H24Cl2N2O4/c1-28(15-23(30)27-24-21(25)8-5-9-22(24)26)14-17(29)16-31-18-10-12-20(13-11-18)32-19-6-3-2-4-7-19/h2-13,17,29H,14-16H2,1H3,(H,27,30). The van der Waals surface area contributed by atoms with E-state index in [9.17, 15) is 9.90 Å². The molecule has 0 aromatic heterocycles. The minimum atomic E-state index is -0.781. The van der Waals surface area contributed by atoms with Gasteiger partial charge < -0.3 is 19.9 Å². The van der Waals surface area contributed by atoms with Crippen molar-refractivity contribution in [3.63, 3.8) is 0 Å². The van der Waals surface area contributed by atoms with Gasteiger partial charge in [-0.25, -0.2) is 0 Å². The van der Waals surface area contributed by atoms with Gasteiger partial charge in [0.05, 0.1) is 22.3 Å². The van der Waals surface area contributed by atoms with E-state index in [4.69, 9.17) is 32.7 Å². The Hall–Kier alpha value is -2.77. The van der Waals surface area contributed by atoms with Crippen LogP contribution in [0.1, 0.15) is 0 Å². The van der Waals surface area contributed by atoms with Crippen molar-refractivity contribution in [2.24, 2.45) is 0 Å². The van der Waals surface area contributed by atoms with E-state index < -0.39 is 6.10 Å². The molecule has 0 saturated heterocycles. The highest BCUT2D eigenvalue weighted by atomic mass is 35.5. The molecular formula is C24H24Cl2N2O4. The second kappa shape index (κ2) is 11.7. The van der Waals surface area contributed by atoms with Crippen molar-refractivity contribution in [1.29, 1.82) is 0 Å². The molecule has 32 heavy (non-hydrogen) atoms. The number of rotatable bonds is 10. The largest absolute Gasteiger partial charge is 0.491 e. The van der Waals surface area contributed by atoms with Gasteiger partial charge in [-0.15, -0.1) is 0 Å². The van der Waals surface area contributed by atoms with Crippen LogP contribution in [0.25, 0.3) is 0 Å². The second-order valence-electron chi connectivity index (χ2n) is 7.19. The molecule has 0 radical (unpaired) electrons. The molecule has 3 aromatic carbocycles. The summed E-state index contributed by atoms with van der Waals surface area (Å²) in [7, 11) is 1.73. The van der Waals surface area contributed by atoms with Crippen LogP contribution in [0, 0.1) is 0 Å². The number of aliphatic hydroxyl groups excluding tert-OH is 1. The Morgan fingerprint density at radius 1 is 0.938 bits per heavy atom. The minimum Gasteiger partial charge on any atom is -0.491 e. The number of carbonyl (C=O) groups is 1. The molecule has 1 unspecified atom stereocenters. The quantitative estimate of drug-likeness (QED) is 0.427. The lowest BCUT2D eigenvalue weighted by molar-refractivity contribution is -0.117. The van der Waals surface area contributed by atoms with Gasteiger partial charge in [-0.1, -0.05) is 47.5 Å². The van der Waals surface area contributed by atoms with Crippen LogP contribution in [0.3, 0.4) is 0 Å². The number of nitrogens with zero attached hydrogens (tertiary/aromatic N) is 1. The molecule has 0 fully saturated rings. The Balaban J connectivity index is 1.41. The number of carbonyl (C=O) groups excluding carboxylic acids is 1. The van der Waals surface area contributed by atoms with Crippen molar-refractivity contribution in [2.45, 2.75) is 6.10 Å². The number of nitrogens with one attached hydrogen (secondary N) is 1. The summed E-state index contributed by atoms with van der Waals surface area (Å²) in [6, 6.07) is 21.6. The van der Waals surface area contributed by atoms with E-state index in [0.29, 0.717) is 27.2 Å². The summed E-state index contributed by atoms with van der Waals surface area (Å²) in [5, 5.41) is 13.7. The zero-order chi connectivity index (χ0) is 22.9. The third kappa shape index (κ3) is 7.43. The van der Waals surface area contributed by atoms with Crippen LogP contribution < -0.4 is 14.8 Å². The van der Waals surface area contributed by atoms with Crippen LogP contribution in [-0.4, -0.2) is 48.8 Å². The van der Waals surface area contributed by atoms with Crippen LogP contribution >= 0.6 is 23.2 Å². The third-order valence-corrected chi connectivity index (χ3v) is 5.04. The Morgan fingerprint density at radius 3 is 2.19 bits per heavy atom. The molecule has 1 amide bonds. The molecule has 0 saturated carbocycles. The first-order chi connectivity index (χ1) is 15.4. The second-order valence-corrected chi connectivity index (χ2v) is 8.01. The lowest BCUT2D eigenvalue weighted by atomic mass is 10.3. The molecule has 0 aliphatic heterocycles. The molecule has 8 heteroatoms. The molecule has 3 aromatic rings. The molecule has 2 N–H and O–H groups in total. The fourth-order valence-corrected chi connectivity index (χ4v) is 3.43. The first-order valence-electron chi connectivity index (χ1n) is 9.97. The minimum absolute atomic E-state index is 0.0597. The maximum absolute atomic E-state index is 12.3. The molecule has 0 aliphatic rings. The maximum Gasteiger partial charge on any atom is 0.238 e. The van der Waals surface area contributed by atoms with E-state index in [0.717, 1.165) is 5.75 Å². The maximum atomic E-state index is 12.3. The summed E-state index contributed by atoms with van der Waals surface area (Å²) >= 11 is 12.1. The highest BCUT2D eigenvalue weighted by Crippen LogP contribution is 2.29. The molecule has 168 valence electrons. The van der Waals surface area contributed by atoms with Crippen molar-refractivity contribution in [3.05, 3.63) is 82.8 Å². The van der Waals surface area contributed by atoms with Crippen molar-refractivity contribution >= 4 is 34.8 Å². The normalized spacial score (nSPS) is 11.8. The average Bonchev–Trinajstić information content (AvgIpc) is 2.76. The summed E-state index contributed by atoms with van der Waals surface area (Å²) in [6.45, 7) is 0.393. The van der Waals surface area contributed by atoms with Gasteiger partial charge in [-0.3, -0.25) is 9.69 Å². The zero-order valence-electron chi connectivity index (χ0n) is 17.5. The van der Waals surface area contributed by atoms with Gasteiger partial charge in [0, 0.05) is 6.54 Å². The number of aliphatic hydroxyl groups is 1. The predicted octanol–water partition coefficient (Wildman–Crippen LogP) is 5.10. The number of halogens is 2. The number of likely N-dealkylation sites (N-methyl/N-ethyl adjacent to an activating group) is 1. The number of hydrogen-bond acceptors (Lipinski definition) is 5.